The van der Waals surface area contributed by atoms with E-state index in [9.17, 15) is 5.11 Å². The second-order valence-electron chi connectivity index (χ2n) is 6.94. The van der Waals surface area contributed by atoms with E-state index in [1.54, 1.807) is 12.1 Å². The molecular weight excluding hydrogens is 270 g/mol. The van der Waals surface area contributed by atoms with Crippen LogP contribution >= 0.6 is 11.6 Å². The van der Waals surface area contributed by atoms with Gasteiger partial charge in [0.2, 0.25) is 0 Å². The van der Waals surface area contributed by atoms with Gasteiger partial charge in [0.05, 0.1) is 0 Å². The van der Waals surface area contributed by atoms with Crippen LogP contribution in [0.25, 0.3) is 0 Å². The summed E-state index contributed by atoms with van der Waals surface area (Å²) in [4.78, 5) is 2.39. The van der Waals surface area contributed by atoms with Crippen LogP contribution in [0, 0.1) is 5.41 Å². The minimum Gasteiger partial charge on any atom is -0.508 e. The first-order valence-corrected chi connectivity index (χ1v) is 7.88. The van der Waals surface area contributed by atoms with Gasteiger partial charge in [-0.3, -0.25) is 4.90 Å². The molecular formula is C17H26ClNO. The first-order valence-electron chi connectivity index (χ1n) is 7.50. The Morgan fingerprint density at radius 1 is 1.30 bits per heavy atom. The normalized spacial score (nSPS) is 21.1. The molecule has 0 radical (unpaired) electrons. The number of rotatable bonds is 3. The van der Waals surface area contributed by atoms with Crippen LogP contribution in [0.3, 0.4) is 0 Å². The van der Waals surface area contributed by atoms with Gasteiger partial charge in [0, 0.05) is 22.7 Å². The van der Waals surface area contributed by atoms with Gasteiger partial charge < -0.3 is 5.11 Å². The van der Waals surface area contributed by atoms with E-state index in [1.807, 2.05) is 6.07 Å². The lowest BCUT2D eigenvalue weighted by molar-refractivity contribution is 0.0993. The standard InChI is InChI=1S/C17H26ClNO/c1-12(15-11-13(18)5-6-16(15)20)19(4)14-7-9-17(2,3)10-8-14/h5-6,11-12,14,20H,7-10H2,1-4H3. The van der Waals surface area contributed by atoms with E-state index < -0.39 is 0 Å². The minimum atomic E-state index is 0.180. The number of hydrogen-bond donors (Lipinski definition) is 1. The Balaban J connectivity index is 2.09. The predicted octanol–water partition coefficient (Wildman–Crippen LogP) is 5.01. The summed E-state index contributed by atoms with van der Waals surface area (Å²) in [5.74, 6) is 0.338. The Hall–Kier alpha value is -0.730. The molecule has 1 saturated carbocycles. The van der Waals surface area contributed by atoms with E-state index in [0.717, 1.165) is 5.56 Å². The molecule has 2 rings (SSSR count). The zero-order chi connectivity index (χ0) is 14.9. The molecule has 1 aromatic rings. The molecule has 0 saturated heterocycles. The van der Waals surface area contributed by atoms with Gasteiger partial charge in [-0.2, -0.15) is 0 Å². The van der Waals surface area contributed by atoms with E-state index in [4.69, 9.17) is 11.6 Å². The highest BCUT2D eigenvalue weighted by atomic mass is 35.5. The highest BCUT2D eigenvalue weighted by molar-refractivity contribution is 6.30. The van der Waals surface area contributed by atoms with E-state index >= 15 is 0 Å². The van der Waals surface area contributed by atoms with E-state index in [2.05, 4.69) is 32.7 Å². The summed E-state index contributed by atoms with van der Waals surface area (Å²) in [6.45, 7) is 6.86. The van der Waals surface area contributed by atoms with Crippen molar-refractivity contribution in [3.63, 3.8) is 0 Å². The molecule has 1 fully saturated rings. The summed E-state index contributed by atoms with van der Waals surface area (Å²) in [7, 11) is 2.16. The molecule has 0 heterocycles. The molecule has 1 aromatic carbocycles. The second-order valence-corrected chi connectivity index (χ2v) is 7.38. The first kappa shape index (κ1) is 15.7. The van der Waals surface area contributed by atoms with Crippen molar-refractivity contribution in [2.24, 2.45) is 5.41 Å². The number of benzene rings is 1. The molecule has 1 unspecified atom stereocenters. The Morgan fingerprint density at radius 2 is 1.90 bits per heavy atom. The van der Waals surface area contributed by atoms with Crippen LogP contribution in [0.15, 0.2) is 18.2 Å². The molecule has 1 aliphatic rings. The first-order chi connectivity index (χ1) is 9.30. The zero-order valence-electron chi connectivity index (χ0n) is 13.0. The number of phenolic OH excluding ortho intramolecular Hbond substituents is 1. The third-order valence-corrected chi connectivity index (χ3v) is 5.17. The van der Waals surface area contributed by atoms with Crippen molar-refractivity contribution in [1.29, 1.82) is 0 Å². The highest BCUT2D eigenvalue weighted by Crippen LogP contribution is 2.39. The summed E-state index contributed by atoms with van der Waals surface area (Å²) >= 11 is 6.06. The maximum absolute atomic E-state index is 10.1. The van der Waals surface area contributed by atoms with Crippen LogP contribution in [-0.4, -0.2) is 23.1 Å². The molecule has 1 aliphatic carbocycles. The molecule has 0 bridgehead atoms. The van der Waals surface area contributed by atoms with Crippen LogP contribution in [0.5, 0.6) is 5.75 Å². The lowest BCUT2D eigenvalue weighted by Crippen LogP contribution is -2.38. The third kappa shape index (κ3) is 3.48. The molecule has 1 N–H and O–H groups in total. The largest absolute Gasteiger partial charge is 0.508 e. The summed E-state index contributed by atoms with van der Waals surface area (Å²) in [5.41, 5.74) is 1.41. The van der Waals surface area contributed by atoms with Crippen molar-refractivity contribution in [2.75, 3.05) is 7.05 Å². The fourth-order valence-corrected chi connectivity index (χ4v) is 3.37. The number of halogens is 1. The van der Waals surface area contributed by atoms with Crippen molar-refractivity contribution in [3.05, 3.63) is 28.8 Å². The fourth-order valence-electron chi connectivity index (χ4n) is 3.19. The summed E-state index contributed by atoms with van der Waals surface area (Å²) in [5, 5.41) is 10.7. The quantitative estimate of drug-likeness (QED) is 0.847. The molecule has 0 amide bonds. The van der Waals surface area contributed by atoms with E-state index in [-0.39, 0.29) is 6.04 Å². The maximum atomic E-state index is 10.1. The summed E-state index contributed by atoms with van der Waals surface area (Å²) in [6, 6.07) is 6.07. The molecule has 3 heteroatoms. The second kappa shape index (κ2) is 5.95. The van der Waals surface area contributed by atoms with E-state index in [0.29, 0.717) is 22.2 Å². The van der Waals surface area contributed by atoms with Crippen LogP contribution in [0.1, 0.15) is 58.1 Å². The summed E-state index contributed by atoms with van der Waals surface area (Å²) < 4.78 is 0. The van der Waals surface area contributed by atoms with E-state index in [1.165, 1.54) is 25.7 Å². The maximum Gasteiger partial charge on any atom is 0.120 e. The number of aromatic hydroxyl groups is 1. The average molecular weight is 296 g/mol. The van der Waals surface area contributed by atoms with Crippen LogP contribution < -0.4 is 0 Å². The van der Waals surface area contributed by atoms with Crippen LogP contribution in [0.2, 0.25) is 5.02 Å². The van der Waals surface area contributed by atoms with Gasteiger partial charge in [-0.25, -0.2) is 0 Å². The van der Waals surface area contributed by atoms with Gasteiger partial charge >= 0.3 is 0 Å². The van der Waals surface area contributed by atoms with Gasteiger partial charge in [-0.05, 0) is 63.3 Å². The zero-order valence-corrected chi connectivity index (χ0v) is 13.7. The molecule has 0 spiro atoms. The monoisotopic (exact) mass is 295 g/mol. The Morgan fingerprint density at radius 3 is 2.50 bits per heavy atom. The SMILES string of the molecule is CC(c1cc(Cl)ccc1O)N(C)C1CCC(C)(C)CC1. The molecule has 0 aliphatic heterocycles. The Kier molecular flexibility index (Phi) is 4.66. The lowest BCUT2D eigenvalue weighted by Gasteiger charge is -2.41. The highest BCUT2D eigenvalue weighted by Gasteiger charge is 2.31. The molecule has 2 nitrogen and oxygen atoms in total. The average Bonchev–Trinajstić information content (AvgIpc) is 2.40. The molecule has 0 aromatic heterocycles. The number of phenols is 1. The third-order valence-electron chi connectivity index (χ3n) is 4.94. The predicted molar refractivity (Wildman–Crippen MR) is 85.3 cm³/mol. The van der Waals surface area contributed by atoms with Crippen molar-refractivity contribution >= 4 is 11.6 Å². The smallest absolute Gasteiger partial charge is 0.120 e. The molecule has 112 valence electrons. The topological polar surface area (TPSA) is 23.5 Å². The van der Waals surface area contributed by atoms with Crippen molar-refractivity contribution < 1.29 is 5.11 Å². The Bertz CT molecular complexity index is 462. The van der Waals surface area contributed by atoms with Crippen molar-refractivity contribution in [2.45, 2.75) is 58.5 Å². The Labute approximate surface area is 127 Å². The van der Waals surface area contributed by atoms with Gasteiger partial charge in [0.1, 0.15) is 5.75 Å². The minimum absolute atomic E-state index is 0.180. The van der Waals surface area contributed by atoms with Crippen LogP contribution in [-0.2, 0) is 0 Å². The number of nitrogens with zero attached hydrogens (tertiary/aromatic N) is 1. The molecule has 20 heavy (non-hydrogen) atoms. The fraction of sp³-hybridized carbons (Fsp3) is 0.647. The van der Waals surface area contributed by atoms with Gasteiger partial charge in [-0.15, -0.1) is 0 Å². The summed E-state index contributed by atoms with van der Waals surface area (Å²) in [6.07, 6.45) is 5.01. The lowest BCUT2D eigenvalue weighted by atomic mass is 9.75. The molecule has 1 atom stereocenters. The van der Waals surface area contributed by atoms with Crippen molar-refractivity contribution in [3.8, 4) is 5.75 Å². The van der Waals surface area contributed by atoms with Crippen LogP contribution in [0.4, 0.5) is 0 Å². The van der Waals surface area contributed by atoms with Gasteiger partial charge in [0.25, 0.3) is 0 Å². The van der Waals surface area contributed by atoms with Gasteiger partial charge in [0.15, 0.2) is 0 Å². The number of hydrogen-bond acceptors (Lipinski definition) is 2. The van der Waals surface area contributed by atoms with Crippen molar-refractivity contribution in [1.82, 2.24) is 4.90 Å². The van der Waals surface area contributed by atoms with Gasteiger partial charge in [-0.1, -0.05) is 25.4 Å².